The van der Waals surface area contributed by atoms with Gasteiger partial charge in [-0.25, -0.2) is 0 Å². The third kappa shape index (κ3) is 6.38. The van der Waals surface area contributed by atoms with E-state index in [0.29, 0.717) is 18.9 Å². The summed E-state index contributed by atoms with van der Waals surface area (Å²) < 4.78 is 0. The normalized spacial score (nSPS) is 16.8. The second-order valence-electron chi connectivity index (χ2n) is 4.58. The van der Waals surface area contributed by atoms with Gasteiger partial charge in [-0.05, 0) is 18.8 Å². The molecule has 3 N–H and O–H groups in total. The van der Waals surface area contributed by atoms with Gasteiger partial charge in [-0.15, -0.1) is 0 Å². The first-order chi connectivity index (χ1) is 8.22. The van der Waals surface area contributed by atoms with Gasteiger partial charge >= 0.3 is 0 Å². The number of rotatable bonds is 6. The third-order valence-electron chi connectivity index (χ3n) is 3.05. The summed E-state index contributed by atoms with van der Waals surface area (Å²) >= 11 is 0. The highest BCUT2D eigenvalue weighted by atomic mass is 16.3. The van der Waals surface area contributed by atoms with E-state index in [1.165, 1.54) is 19.3 Å². The summed E-state index contributed by atoms with van der Waals surface area (Å²) in [6, 6.07) is 0. The summed E-state index contributed by atoms with van der Waals surface area (Å²) in [5, 5.41) is 13.6. The van der Waals surface area contributed by atoms with Crippen LogP contribution >= 0.6 is 0 Å². The minimum atomic E-state index is -0.320. The van der Waals surface area contributed by atoms with Crippen LogP contribution in [-0.4, -0.2) is 36.6 Å². The minimum Gasteiger partial charge on any atom is -0.395 e. The maximum absolute atomic E-state index is 11.5. The molecule has 2 amide bonds. The molecule has 1 rings (SSSR count). The van der Waals surface area contributed by atoms with E-state index in [-0.39, 0.29) is 25.0 Å². The van der Waals surface area contributed by atoms with Gasteiger partial charge in [0.05, 0.1) is 13.2 Å². The van der Waals surface area contributed by atoms with Crippen LogP contribution in [0.1, 0.15) is 38.5 Å². The molecule has 0 aromatic heterocycles. The molecule has 5 heteroatoms. The molecule has 0 aliphatic heterocycles. The average molecular weight is 242 g/mol. The second kappa shape index (κ2) is 8.20. The van der Waals surface area contributed by atoms with Crippen molar-refractivity contribution in [2.75, 3.05) is 19.7 Å². The van der Waals surface area contributed by atoms with Gasteiger partial charge < -0.3 is 10.4 Å². The number of carbonyl (C=O) groups is 2. The highest BCUT2D eigenvalue weighted by Crippen LogP contribution is 2.25. The molecule has 17 heavy (non-hydrogen) atoms. The predicted octanol–water partition coefficient (Wildman–Crippen LogP) is 0.181. The van der Waals surface area contributed by atoms with Crippen molar-refractivity contribution < 1.29 is 14.7 Å². The number of hydrogen-bond acceptors (Lipinski definition) is 4. The Morgan fingerprint density at radius 1 is 1.12 bits per heavy atom. The van der Waals surface area contributed by atoms with Gasteiger partial charge in [0, 0.05) is 13.0 Å². The van der Waals surface area contributed by atoms with Crippen LogP contribution in [0.3, 0.4) is 0 Å². The number of aliphatic hydroxyl groups excluding tert-OH is 1. The van der Waals surface area contributed by atoms with Crippen molar-refractivity contribution >= 4 is 11.8 Å². The number of amides is 2. The van der Waals surface area contributed by atoms with Crippen LogP contribution in [0.5, 0.6) is 0 Å². The standard InChI is InChI=1S/C12H22N2O3/c15-7-6-13-9-12(17)14-11(16)8-10-4-2-1-3-5-10/h10,13,15H,1-9H2,(H,14,16,17). The number of nitrogens with one attached hydrogen (secondary N) is 2. The zero-order valence-electron chi connectivity index (χ0n) is 10.2. The summed E-state index contributed by atoms with van der Waals surface area (Å²) in [6.07, 6.45) is 6.33. The van der Waals surface area contributed by atoms with Crippen molar-refractivity contribution in [3.05, 3.63) is 0 Å². The lowest BCUT2D eigenvalue weighted by Crippen LogP contribution is -2.39. The van der Waals surface area contributed by atoms with Crippen LogP contribution in [0, 0.1) is 5.92 Å². The van der Waals surface area contributed by atoms with E-state index in [2.05, 4.69) is 10.6 Å². The van der Waals surface area contributed by atoms with Gasteiger partial charge in [0.25, 0.3) is 0 Å². The highest BCUT2D eigenvalue weighted by Gasteiger charge is 2.17. The van der Waals surface area contributed by atoms with Crippen molar-refractivity contribution in [1.29, 1.82) is 0 Å². The van der Waals surface area contributed by atoms with Crippen molar-refractivity contribution in [3.63, 3.8) is 0 Å². The fourth-order valence-electron chi connectivity index (χ4n) is 2.19. The Morgan fingerprint density at radius 3 is 2.47 bits per heavy atom. The van der Waals surface area contributed by atoms with Gasteiger partial charge in [-0.1, -0.05) is 19.3 Å². The van der Waals surface area contributed by atoms with Crippen LogP contribution in [0.4, 0.5) is 0 Å². The van der Waals surface area contributed by atoms with Gasteiger partial charge in [0.15, 0.2) is 0 Å². The molecule has 0 atom stereocenters. The maximum Gasteiger partial charge on any atom is 0.240 e. The van der Waals surface area contributed by atoms with Crippen LogP contribution in [-0.2, 0) is 9.59 Å². The first kappa shape index (κ1) is 14.1. The molecule has 98 valence electrons. The number of aliphatic hydroxyl groups is 1. The topological polar surface area (TPSA) is 78.4 Å². The molecule has 0 unspecified atom stereocenters. The molecule has 0 radical (unpaired) electrons. The molecule has 0 aromatic rings. The maximum atomic E-state index is 11.5. The van der Waals surface area contributed by atoms with E-state index in [1.54, 1.807) is 0 Å². The minimum absolute atomic E-state index is 0.0106. The zero-order chi connectivity index (χ0) is 12.5. The summed E-state index contributed by atoms with van der Waals surface area (Å²) in [6.45, 7) is 0.435. The van der Waals surface area contributed by atoms with Gasteiger partial charge in [-0.3, -0.25) is 14.9 Å². The largest absolute Gasteiger partial charge is 0.395 e. The molecule has 0 aromatic carbocycles. The van der Waals surface area contributed by atoms with E-state index in [9.17, 15) is 9.59 Å². The van der Waals surface area contributed by atoms with Crippen LogP contribution < -0.4 is 10.6 Å². The molecular weight excluding hydrogens is 220 g/mol. The first-order valence-corrected chi connectivity index (χ1v) is 6.36. The Labute approximate surface area is 102 Å². The summed E-state index contributed by atoms with van der Waals surface area (Å²) in [5.41, 5.74) is 0. The van der Waals surface area contributed by atoms with Crippen molar-refractivity contribution in [1.82, 2.24) is 10.6 Å². The Morgan fingerprint density at radius 2 is 1.82 bits per heavy atom. The lowest BCUT2D eigenvalue weighted by atomic mass is 9.87. The molecule has 1 saturated carbocycles. The van der Waals surface area contributed by atoms with Gasteiger partial charge in [0.1, 0.15) is 0 Å². The molecule has 1 fully saturated rings. The molecule has 1 aliphatic carbocycles. The third-order valence-corrected chi connectivity index (χ3v) is 3.05. The van der Waals surface area contributed by atoms with E-state index in [0.717, 1.165) is 12.8 Å². The molecule has 5 nitrogen and oxygen atoms in total. The monoisotopic (exact) mass is 242 g/mol. The molecule has 0 saturated heterocycles. The zero-order valence-corrected chi connectivity index (χ0v) is 10.2. The second-order valence-corrected chi connectivity index (χ2v) is 4.58. The van der Waals surface area contributed by atoms with Crippen LogP contribution in [0.15, 0.2) is 0 Å². The Kier molecular flexibility index (Phi) is 6.81. The van der Waals surface area contributed by atoms with E-state index in [1.807, 2.05) is 0 Å². The van der Waals surface area contributed by atoms with Crippen molar-refractivity contribution in [2.45, 2.75) is 38.5 Å². The predicted molar refractivity (Wildman–Crippen MR) is 64.3 cm³/mol. The van der Waals surface area contributed by atoms with Crippen LogP contribution in [0.25, 0.3) is 0 Å². The van der Waals surface area contributed by atoms with E-state index >= 15 is 0 Å². The van der Waals surface area contributed by atoms with E-state index < -0.39 is 0 Å². The smallest absolute Gasteiger partial charge is 0.240 e. The number of hydrogen-bond donors (Lipinski definition) is 3. The lowest BCUT2D eigenvalue weighted by molar-refractivity contribution is -0.130. The Bertz CT molecular complexity index is 250. The summed E-state index contributed by atoms with van der Waals surface area (Å²) in [5.74, 6) is -0.0473. The Balaban J connectivity index is 2.12. The first-order valence-electron chi connectivity index (χ1n) is 6.36. The fourth-order valence-corrected chi connectivity index (χ4v) is 2.19. The van der Waals surface area contributed by atoms with Crippen LogP contribution in [0.2, 0.25) is 0 Å². The Hall–Kier alpha value is -0.940. The molecule has 0 bridgehead atoms. The van der Waals surface area contributed by atoms with Gasteiger partial charge in [0.2, 0.25) is 11.8 Å². The van der Waals surface area contributed by atoms with Crippen molar-refractivity contribution in [2.24, 2.45) is 5.92 Å². The quantitative estimate of drug-likeness (QED) is 0.581. The average Bonchev–Trinajstić information content (AvgIpc) is 2.30. The molecular formula is C12H22N2O3. The summed E-state index contributed by atoms with van der Waals surface area (Å²) in [4.78, 5) is 22.8. The molecule has 1 aliphatic rings. The number of imide groups is 1. The van der Waals surface area contributed by atoms with E-state index in [4.69, 9.17) is 5.11 Å². The lowest BCUT2D eigenvalue weighted by Gasteiger charge is -2.20. The molecule has 0 heterocycles. The summed E-state index contributed by atoms with van der Waals surface area (Å²) in [7, 11) is 0. The molecule has 0 spiro atoms. The van der Waals surface area contributed by atoms with Gasteiger partial charge in [-0.2, -0.15) is 0 Å². The van der Waals surface area contributed by atoms with Crippen molar-refractivity contribution in [3.8, 4) is 0 Å². The number of carbonyl (C=O) groups excluding carboxylic acids is 2. The SMILES string of the molecule is O=C(CNCCO)NC(=O)CC1CCCCC1. The highest BCUT2D eigenvalue weighted by molar-refractivity contribution is 5.96. The fraction of sp³-hybridized carbons (Fsp3) is 0.833.